The second-order valence-corrected chi connectivity index (χ2v) is 6.06. The number of alkyl halides is 2. The Hall–Kier alpha value is -0.710. The Morgan fingerprint density at radius 1 is 1.16 bits per heavy atom. The summed E-state index contributed by atoms with van der Waals surface area (Å²) in [6, 6.07) is 0. The first-order valence-electron chi connectivity index (χ1n) is 7.37. The molecule has 2 aliphatic carbocycles. The summed E-state index contributed by atoms with van der Waals surface area (Å²) in [6.45, 7) is 1.34. The molecule has 0 bridgehead atoms. The Bertz CT molecular complexity index is 313. The number of rotatable bonds is 4. The van der Waals surface area contributed by atoms with E-state index in [0.717, 1.165) is 12.8 Å². The van der Waals surface area contributed by atoms with Gasteiger partial charge in [0.2, 0.25) is 11.8 Å². The Morgan fingerprint density at radius 3 is 2.42 bits per heavy atom. The van der Waals surface area contributed by atoms with Crippen molar-refractivity contribution in [3.8, 4) is 0 Å². The lowest BCUT2D eigenvalue weighted by atomic mass is 9.86. The molecule has 0 spiro atoms. The van der Waals surface area contributed by atoms with Crippen LogP contribution in [0.15, 0.2) is 0 Å². The minimum Gasteiger partial charge on any atom is -0.356 e. The maximum Gasteiger partial charge on any atom is 0.248 e. The maximum absolute atomic E-state index is 13.0. The lowest BCUT2D eigenvalue weighted by Crippen LogP contribution is -2.39. The molecule has 1 amide bonds. The van der Waals surface area contributed by atoms with Crippen LogP contribution in [0.4, 0.5) is 8.78 Å². The molecule has 0 heterocycles. The molecule has 5 heteroatoms. The van der Waals surface area contributed by atoms with Crippen LogP contribution >= 0.6 is 0 Å². The molecule has 2 aliphatic rings. The molecule has 0 aliphatic heterocycles. The third-order valence-electron chi connectivity index (χ3n) is 4.75. The van der Waals surface area contributed by atoms with Crippen LogP contribution in [-0.4, -0.2) is 24.9 Å². The van der Waals surface area contributed by atoms with Gasteiger partial charge in [0, 0.05) is 25.3 Å². The molecule has 0 radical (unpaired) electrons. The van der Waals surface area contributed by atoms with Gasteiger partial charge < -0.3 is 11.1 Å². The van der Waals surface area contributed by atoms with E-state index in [4.69, 9.17) is 5.73 Å². The van der Waals surface area contributed by atoms with Crippen molar-refractivity contribution in [3.63, 3.8) is 0 Å². The summed E-state index contributed by atoms with van der Waals surface area (Å²) >= 11 is 0. The van der Waals surface area contributed by atoms with Gasteiger partial charge in [-0.25, -0.2) is 8.78 Å². The summed E-state index contributed by atoms with van der Waals surface area (Å²) in [4.78, 5) is 12.0. The van der Waals surface area contributed by atoms with Gasteiger partial charge in [-0.1, -0.05) is 6.42 Å². The van der Waals surface area contributed by atoms with Crippen LogP contribution in [0, 0.1) is 17.8 Å². The minimum absolute atomic E-state index is 0.0434. The molecule has 19 heavy (non-hydrogen) atoms. The molecule has 0 aromatic carbocycles. The highest BCUT2D eigenvalue weighted by Gasteiger charge is 2.37. The fourth-order valence-electron chi connectivity index (χ4n) is 3.37. The van der Waals surface area contributed by atoms with E-state index in [1.54, 1.807) is 0 Å². The van der Waals surface area contributed by atoms with E-state index in [1.807, 2.05) is 0 Å². The van der Waals surface area contributed by atoms with Gasteiger partial charge in [0.05, 0.1) is 0 Å². The summed E-state index contributed by atoms with van der Waals surface area (Å²) < 4.78 is 26.0. The second kappa shape index (κ2) is 6.16. The fraction of sp³-hybridized carbons (Fsp3) is 0.929. The number of nitrogens with two attached hydrogens (primary N) is 1. The zero-order valence-corrected chi connectivity index (χ0v) is 11.3. The Kier molecular flexibility index (Phi) is 4.76. The van der Waals surface area contributed by atoms with Gasteiger partial charge in [0.15, 0.2) is 0 Å². The Labute approximate surface area is 113 Å². The van der Waals surface area contributed by atoms with Gasteiger partial charge in [-0.2, -0.15) is 0 Å². The number of hydrogen-bond donors (Lipinski definition) is 2. The van der Waals surface area contributed by atoms with Crippen molar-refractivity contribution in [2.24, 2.45) is 23.5 Å². The summed E-state index contributed by atoms with van der Waals surface area (Å²) in [5.41, 5.74) is 5.71. The zero-order chi connectivity index (χ0) is 13.9. The zero-order valence-electron chi connectivity index (χ0n) is 11.3. The van der Waals surface area contributed by atoms with Gasteiger partial charge >= 0.3 is 0 Å². The summed E-state index contributed by atoms with van der Waals surface area (Å²) in [5, 5.41) is 2.95. The molecule has 2 saturated carbocycles. The molecule has 2 atom stereocenters. The van der Waals surface area contributed by atoms with Crippen LogP contribution in [-0.2, 0) is 4.79 Å². The molecule has 110 valence electrons. The standard InChI is InChI=1S/C14H24F2N2O/c15-14(16)6-4-10(5-7-14)13(19)18-9-12-3-1-2-11(12)8-17/h10-12H,1-9,17H2,(H,18,19). The van der Waals surface area contributed by atoms with Crippen LogP contribution in [0.3, 0.4) is 0 Å². The van der Waals surface area contributed by atoms with E-state index in [-0.39, 0.29) is 24.7 Å². The molecule has 0 aromatic rings. The predicted molar refractivity (Wildman–Crippen MR) is 69.8 cm³/mol. The Balaban J connectivity index is 1.73. The molecular formula is C14H24F2N2O. The largest absolute Gasteiger partial charge is 0.356 e. The van der Waals surface area contributed by atoms with Crippen molar-refractivity contribution >= 4 is 5.91 Å². The molecular weight excluding hydrogens is 250 g/mol. The first kappa shape index (κ1) is 14.7. The molecule has 2 fully saturated rings. The van der Waals surface area contributed by atoms with E-state index in [2.05, 4.69) is 5.32 Å². The molecule has 0 saturated heterocycles. The second-order valence-electron chi connectivity index (χ2n) is 6.06. The van der Waals surface area contributed by atoms with E-state index >= 15 is 0 Å². The van der Waals surface area contributed by atoms with Crippen molar-refractivity contribution < 1.29 is 13.6 Å². The van der Waals surface area contributed by atoms with Crippen LogP contribution in [0.5, 0.6) is 0 Å². The van der Waals surface area contributed by atoms with Crippen molar-refractivity contribution in [1.29, 1.82) is 0 Å². The average molecular weight is 274 g/mol. The van der Waals surface area contributed by atoms with Crippen molar-refractivity contribution in [3.05, 3.63) is 0 Å². The normalized spacial score (nSPS) is 31.3. The highest BCUT2D eigenvalue weighted by atomic mass is 19.3. The highest BCUT2D eigenvalue weighted by molar-refractivity contribution is 5.78. The molecule has 0 aromatic heterocycles. The topological polar surface area (TPSA) is 55.1 Å². The first-order chi connectivity index (χ1) is 9.02. The molecule has 2 rings (SSSR count). The lowest BCUT2D eigenvalue weighted by molar-refractivity contribution is -0.129. The monoisotopic (exact) mass is 274 g/mol. The lowest BCUT2D eigenvalue weighted by Gasteiger charge is -2.28. The smallest absolute Gasteiger partial charge is 0.248 e. The number of carbonyl (C=O) groups excluding carboxylic acids is 1. The van der Waals surface area contributed by atoms with Gasteiger partial charge in [0.25, 0.3) is 0 Å². The predicted octanol–water partition coefficient (Wildman–Crippen LogP) is 2.30. The van der Waals surface area contributed by atoms with Gasteiger partial charge in [-0.05, 0) is 44.1 Å². The highest BCUT2D eigenvalue weighted by Crippen LogP contribution is 2.36. The first-order valence-corrected chi connectivity index (χ1v) is 7.37. The van der Waals surface area contributed by atoms with Crippen LogP contribution in [0.2, 0.25) is 0 Å². The van der Waals surface area contributed by atoms with E-state index in [0.29, 0.717) is 37.8 Å². The van der Waals surface area contributed by atoms with Gasteiger partial charge in [-0.3, -0.25) is 4.79 Å². The summed E-state index contributed by atoms with van der Waals surface area (Å²) in [7, 11) is 0. The maximum atomic E-state index is 13.0. The Morgan fingerprint density at radius 2 is 1.79 bits per heavy atom. The average Bonchev–Trinajstić information content (AvgIpc) is 2.83. The number of amides is 1. The van der Waals surface area contributed by atoms with Crippen molar-refractivity contribution in [2.75, 3.05) is 13.1 Å². The third kappa shape index (κ3) is 3.88. The number of hydrogen-bond acceptors (Lipinski definition) is 2. The quantitative estimate of drug-likeness (QED) is 0.826. The number of carbonyl (C=O) groups is 1. The molecule has 3 N–H and O–H groups in total. The van der Waals surface area contributed by atoms with E-state index < -0.39 is 5.92 Å². The fourth-order valence-corrected chi connectivity index (χ4v) is 3.37. The van der Waals surface area contributed by atoms with Crippen LogP contribution in [0.1, 0.15) is 44.9 Å². The third-order valence-corrected chi connectivity index (χ3v) is 4.75. The van der Waals surface area contributed by atoms with Crippen molar-refractivity contribution in [1.82, 2.24) is 5.32 Å². The van der Waals surface area contributed by atoms with Crippen molar-refractivity contribution in [2.45, 2.75) is 50.9 Å². The minimum atomic E-state index is -2.56. The SMILES string of the molecule is NCC1CCCC1CNC(=O)C1CCC(F)(F)CC1. The molecule has 3 nitrogen and oxygen atoms in total. The van der Waals surface area contributed by atoms with E-state index in [9.17, 15) is 13.6 Å². The number of nitrogens with one attached hydrogen (secondary N) is 1. The van der Waals surface area contributed by atoms with E-state index in [1.165, 1.54) is 6.42 Å². The van der Waals surface area contributed by atoms with Gasteiger partial charge in [0.1, 0.15) is 0 Å². The summed E-state index contributed by atoms with van der Waals surface area (Å²) in [6.07, 6.45) is 3.75. The van der Waals surface area contributed by atoms with Crippen LogP contribution in [0.25, 0.3) is 0 Å². The van der Waals surface area contributed by atoms with Gasteiger partial charge in [-0.15, -0.1) is 0 Å². The molecule has 2 unspecified atom stereocenters. The van der Waals surface area contributed by atoms with Crippen LogP contribution < -0.4 is 11.1 Å². The number of halogens is 2. The summed E-state index contributed by atoms with van der Waals surface area (Å²) in [5.74, 6) is -1.85.